The fraction of sp³-hybridized carbons (Fsp3) is 0.500. The maximum Gasteiger partial charge on any atom is 0.329 e. The molecule has 1 aromatic rings. The molecule has 0 aliphatic heterocycles. The molecule has 0 aliphatic rings. The highest BCUT2D eigenvalue weighted by atomic mass is 19.2. The summed E-state index contributed by atoms with van der Waals surface area (Å²) >= 11 is 0. The molecule has 0 amide bonds. The van der Waals surface area contributed by atoms with Gasteiger partial charge in [0.05, 0.1) is 7.11 Å². The Balaban J connectivity index is 2.80. The van der Waals surface area contributed by atoms with E-state index in [9.17, 15) is 13.6 Å². The Kier molecular flexibility index (Phi) is 5.88. The molecule has 1 rings (SSSR count). The minimum absolute atomic E-state index is 0.167. The summed E-state index contributed by atoms with van der Waals surface area (Å²) in [5.41, 5.74) is -1.12. The molecule has 4 nitrogen and oxygen atoms in total. The van der Waals surface area contributed by atoms with E-state index in [2.05, 4.69) is 5.32 Å². The van der Waals surface area contributed by atoms with Gasteiger partial charge >= 0.3 is 5.97 Å². The van der Waals surface area contributed by atoms with Gasteiger partial charge in [-0.2, -0.15) is 4.39 Å². The summed E-state index contributed by atoms with van der Waals surface area (Å²) < 4.78 is 36.5. The van der Waals surface area contributed by atoms with Gasteiger partial charge in [0.15, 0.2) is 11.6 Å². The average Bonchev–Trinajstić information content (AvgIpc) is 2.45. The number of carbonyl (C=O) groups excluding carboxylic acids is 1. The zero-order valence-electron chi connectivity index (χ0n) is 11.8. The quantitative estimate of drug-likeness (QED) is 0.782. The highest BCUT2D eigenvalue weighted by Crippen LogP contribution is 2.20. The number of ether oxygens (including phenoxy) is 2. The van der Waals surface area contributed by atoms with Crippen LogP contribution < -0.4 is 10.1 Å². The van der Waals surface area contributed by atoms with E-state index in [1.165, 1.54) is 19.2 Å². The predicted octanol–water partition coefficient (Wildman–Crippen LogP) is 2.27. The van der Waals surface area contributed by atoms with E-state index >= 15 is 0 Å². The van der Waals surface area contributed by atoms with Gasteiger partial charge in [-0.3, -0.25) is 5.32 Å². The molecule has 112 valence electrons. The van der Waals surface area contributed by atoms with Crippen molar-refractivity contribution in [2.45, 2.75) is 25.8 Å². The molecule has 1 unspecified atom stereocenters. The van der Waals surface area contributed by atoms with Crippen LogP contribution in [0.15, 0.2) is 18.2 Å². The Morgan fingerprint density at radius 1 is 1.40 bits per heavy atom. The lowest BCUT2D eigenvalue weighted by Gasteiger charge is -2.27. The van der Waals surface area contributed by atoms with E-state index < -0.39 is 23.1 Å². The summed E-state index contributed by atoms with van der Waals surface area (Å²) in [5.74, 6) is -2.83. The van der Waals surface area contributed by atoms with Crippen LogP contribution in [0.5, 0.6) is 5.75 Å². The first kappa shape index (κ1) is 16.4. The zero-order chi connectivity index (χ0) is 15.2. The van der Waals surface area contributed by atoms with Crippen LogP contribution in [0.2, 0.25) is 0 Å². The van der Waals surface area contributed by atoms with Crippen LogP contribution in [0, 0.1) is 11.6 Å². The highest BCUT2D eigenvalue weighted by Gasteiger charge is 2.35. The summed E-state index contributed by atoms with van der Waals surface area (Å²) in [6, 6.07) is 3.63. The summed E-state index contributed by atoms with van der Waals surface area (Å²) in [7, 11) is 1.26. The smallest absolute Gasteiger partial charge is 0.329 e. The number of hydrogen-bond acceptors (Lipinski definition) is 4. The van der Waals surface area contributed by atoms with Gasteiger partial charge in [-0.05, 0) is 32.0 Å². The molecule has 0 bridgehead atoms. The predicted molar refractivity (Wildman–Crippen MR) is 70.6 cm³/mol. The molecular formula is C14H19F2NO3. The molecule has 0 radical (unpaired) electrons. The molecule has 1 aromatic carbocycles. The molecule has 1 atom stereocenters. The number of nitrogens with one attached hydrogen (secondary N) is 1. The summed E-state index contributed by atoms with van der Waals surface area (Å²) in [5, 5.41) is 2.99. The number of hydrogen-bond donors (Lipinski definition) is 1. The van der Waals surface area contributed by atoms with E-state index in [0.717, 1.165) is 12.5 Å². The molecule has 6 heteroatoms. The van der Waals surface area contributed by atoms with Gasteiger partial charge in [0, 0.05) is 0 Å². The molecule has 0 saturated carbocycles. The van der Waals surface area contributed by atoms with Gasteiger partial charge in [-0.1, -0.05) is 13.0 Å². The van der Waals surface area contributed by atoms with Crippen molar-refractivity contribution in [1.82, 2.24) is 5.32 Å². The minimum Gasteiger partial charge on any atom is -0.488 e. The average molecular weight is 287 g/mol. The fourth-order valence-corrected chi connectivity index (χ4v) is 1.63. The maximum absolute atomic E-state index is 13.5. The second-order valence-electron chi connectivity index (χ2n) is 4.59. The number of carbonyl (C=O) groups is 1. The molecular weight excluding hydrogens is 268 g/mol. The van der Waals surface area contributed by atoms with Gasteiger partial charge < -0.3 is 9.47 Å². The number of methoxy groups -OCH3 is 1. The number of halogens is 2. The van der Waals surface area contributed by atoms with Crippen molar-refractivity contribution in [3.05, 3.63) is 29.8 Å². The van der Waals surface area contributed by atoms with Gasteiger partial charge in [0.1, 0.15) is 12.1 Å². The number of rotatable bonds is 7. The second-order valence-corrected chi connectivity index (χ2v) is 4.59. The van der Waals surface area contributed by atoms with Gasteiger partial charge in [0.25, 0.3) is 0 Å². The monoisotopic (exact) mass is 287 g/mol. The van der Waals surface area contributed by atoms with Crippen LogP contribution in [0.3, 0.4) is 0 Å². The third-order valence-electron chi connectivity index (χ3n) is 2.83. The van der Waals surface area contributed by atoms with Crippen LogP contribution in [-0.2, 0) is 9.53 Å². The van der Waals surface area contributed by atoms with Crippen LogP contribution in [0.25, 0.3) is 0 Å². The van der Waals surface area contributed by atoms with Crippen LogP contribution in [-0.4, -0.2) is 31.8 Å². The molecule has 0 saturated heterocycles. The largest absolute Gasteiger partial charge is 0.488 e. The van der Waals surface area contributed by atoms with Crippen molar-refractivity contribution < 1.29 is 23.0 Å². The van der Waals surface area contributed by atoms with E-state index in [-0.39, 0.29) is 12.4 Å². The molecule has 0 aromatic heterocycles. The first-order chi connectivity index (χ1) is 9.44. The van der Waals surface area contributed by atoms with Crippen LogP contribution >= 0.6 is 0 Å². The third kappa shape index (κ3) is 3.90. The summed E-state index contributed by atoms with van der Waals surface area (Å²) in [6.07, 6.45) is 0.806. The van der Waals surface area contributed by atoms with Crippen LogP contribution in [0.1, 0.15) is 20.3 Å². The molecule has 0 fully saturated rings. The summed E-state index contributed by atoms with van der Waals surface area (Å²) in [6.45, 7) is 3.93. The zero-order valence-corrected chi connectivity index (χ0v) is 11.8. The SMILES string of the molecule is CCCNC(C)(COc1cccc(F)c1F)C(=O)OC. The van der Waals surface area contributed by atoms with Gasteiger partial charge in [-0.25, -0.2) is 9.18 Å². The van der Waals surface area contributed by atoms with Crippen molar-refractivity contribution in [3.8, 4) is 5.75 Å². The molecule has 0 spiro atoms. The van der Waals surface area contributed by atoms with Crippen molar-refractivity contribution >= 4 is 5.97 Å². The van der Waals surface area contributed by atoms with Crippen molar-refractivity contribution in [1.29, 1.82) is 0 Å². The standard InChI is InChI=1S/C14H19F2NO3/c1-4-8-17-14(2,13(18)19-3)9-20-11-7-5-6-10(15)12(11)16/h5-7,17H,4,8-9H2,1-3H3. The second kappa shape index (κ2) is 7.19. The highest BCUT2D eigenvalue weighted by molar-refractivity contribution is 5.80. The maximum atomic E-state index is 13.5. The van der Waals surface area contributed by atoms with Gasteiger partial charge in [-0.15, -0.1) is 0 Å². The van der Waals surface area contributed by atoms with E-state index in [1.54, 1.807) is 6.92 Å². The molecule has 0 heterocycles. The number of esters is 1. The lowest BCUT2D eigenvalue weighted by Crippen LogP contribution is -2.54. The van der Waals surface area contributed by atoms with Crippen LogP contribution in [0.4, 0.5) is 8.78 Å². The first-order valence-electron chi connectivity index (χ1n) is 6.35. The molecule has 0 aliphatic carbocycles. The minimum atomic E-state index is -1.12. The Morgan fingerprint density at radius 3 is 2.70 bits per heavy atom. The van der Waals surface area contributed by atoms with Gasteiger partial charge in [0.2, 0.25) is 5.82 Å². The molecule has 1 N–H and O–H groups in total. The first-order valence-corrected chi connectivity index (χ1v) is 6.35. The van der Waals surface area contributed by atoms with Crippen molar-refractivity contribution in [3.63, 3.8) is 0 Å². The van der Waals surface area contributed by atoms with E-state index in [4.69, 9.17) is 9.47 Å². The van der Waals surface area contributed by atoms with E-state index in [1.807, 2.05) is 6.92 Å². The third-order valence-corrected chi connectivity index (χ3v) is 2.83. The Hall–Kier alpha value is -1.69. The normalized spacial score (nSPS) is 13.7. The summed E-state index contributed by atoms with van der Waals surface area (Å²) in [4.78, 5) is 11.8. The van der Waals surface area contributed by atoms with E-state index in [0.29, 0.717) is 6.54 Å². The fourth-order valence-electron chi connectivity index (χ4n) is 1.63. The Labute approximate surface area is 117 Å². The van der Waals surface area contributed by atoms with Crippen molar-refractivity contribution in [2.75, 3.05) is 20.3 Å². The molecule has 20 heavy (non-hydrogen) atoms. The Bertz CT molecular complexity index is 468. The topological polar surface area (TPSA) is 47.6 Å². The Morgan fingerprint density at radius 2 is 2.10 bits per heavy atom. The van der Waals surface area contributed by atoms with Crippen molar-refractivity contribution in [2.24, 2.45) is 0 Å². The lowest BCUT2D eigenvalue weighted by atomic mass is 10.0. The lowest BCUT2D eigenvalue weighted by molar-refractivity contribution is -0.149. The number of benzene rings is 1.